The van der Waals surface area contributed by atoms with Gasteiger partial charge in [0.25, 0.3) is 0 Å². The average molecular weight is 482 g/mol. The molecule has 178 valence electrons. The van der Waals surface area contributed by atoms with Gasteiger partial charge in [0.15, 0.2) is 23.0 Å². The second-order valence-corrected chi connectivity index (χ2v) is 8.33. The molecule has 1 aliphatic rings. The van der Waals surface area contributed by atoms with E-state index in [0.717, 1.165) is 23.3 Å². The number of methoxy groups -OCH3 is 4. The molecule has 0 unspecified atom stereocenters. The molecule has 1 heterocycles. The van der Waals surface area contributed by atoms with E-state index in [2.05, 4.69) is 16.4 Å². The van der Waals surface area contributed by atoms with E-state index in [0.29, 0.717) is 40.9 Å². The van der Waals surface area contributed by atoms with Gasteiger partial charge in [-0.1, -0.05) is 29.0 Å². The first-order chi connectivity index (χ1) is 16.6. The van der Waals surface area contributed by atoms with E-state index in [-0.39, 0.29) is 6.04 Å². The van der Waals surface area contributed by atoms with Gasteiger partial charge in [-0.2, -0.15) is 0 Å². The van der Waals surface area contributed by atoms with Gasteiger partial charge in [-0.3, -0.25) is 5.01 Å². The second-order valence-electron chi connectivity index (χ2n) is 7.90. The molecule has 0 amide bonds. The van der Waals surface area contributed by atoms with Gasteiger partial charge >= 0.3 is 0 Å². The second kappa shape index (κ2) is 10.7. The van der Waals surface area contributed by atoms with Crippen molar-refractivity contribution in [3.05, 3.63) is 76.3 Å². The van der Waals surface area contributed by atoms with E-state index in [1.54, 1.807) is 34.5 Å². The fourth-order valence-electron chi connectivity index (χ4n) is 4.22. The fourth-order valence-corrected chi connectivity index (χ4v) is 4.40. The van der Waals surface area contributed by atoms with Gasteiger partial charge in [0.2, 0.25) is 0 Å². The van der Waals surface area contributed by atoms with Crippen LogP contribution in [-0.4, -0.2) is 40.0 Å². The molecule has 0 fully saturated rings. The average Bonchev–Trinajstić information content (AvgIpc) is 2.87. The standard InChI is InChI=1S/C26H28ClN3O4/c1-31-23-9-8-17(13-24(23)32-2)12-22-21-16-26(34-4)25(33-3)14-18(21)10-11-30(22)29-28-20-7-5-6-19(27)15-20/h5-9,13-16,22H,10-12H2,1-4H3/t22-/m0/s1. The molecule has 0 radical (unpaired) electrons. The van der Waals surface area contributed by atoms with Crippen LogP contribution in [0.2, 0.25) is 5.02 Å². The van der Waals surface area contributed by atoms with Crippen LogP contribution < -0.4 is 18.9 Å². The Kier molecular flexibility index (Phi) is 7.43. The van der Waals surface area contributed by atoms with Crippen molar-refractivity contribution >= 4 is 17.3 Å². The Labute approximate surface area is 204 Å². The van der Waals surface area contributed by atoms with Crippen LogP contribution in [0.5, 0.6) is 23.0 Å². The number of ether oxygens (including phenoxy) is 4. The fraction of sp³-hybridized carbons (Fsp3) is 0.308. The molecule has 1 aliphatic heterocycles. The normalized spacial score (nSPS) is 15.2. The molecule has 0 saturated heterocycles. The molecule has 0 spiro atoms. The molecular weight excluding hydrogens is 454 g/mol. The summed E-state index contributed by atoms with van der Waals surface area (Å²) in [6, 6.07) is 17.3. The van der Waals surface area contributed by atoms with Crippen molar-refractivity contribution in [1.29, 1.82) is 0 Å². The van der Waals surface area contributed by atoms with Crippen LogP contribution in [0.4, 0.5) is 5.69 Å². The van der Waals surface area contributed by atoms with E-state index < -0.39 is 0 Å². The van der Waals surface area contributed by atoms with Crippen LogP contribution in [0.15, 0.2) is 64.9 Å². The first kappa shape index (κ1) is 23.7. The van der Waals surface area contributed by atoms with Crippen molar-refractivity contribution in [2.45, 2.75) is 18.9 Å². The maximum Gasteiger partial charge on any atom is 0.161 e. The van der Waals surface area contributed by atoms with Gasteiger partial charge in [0.05, 0.1) is 40.2 Å². The largest absolute Gasteiger partial charge is 0.493 e. The molecule has 0 bridgehead atoms. The Morgan fingerprint density at radius 2 is 1.56 bits per heavy atom. The number of fused-ring (bicyclic) bond motifs is 1. The van der Waals surface area contributed by atoms with Crippen molar-refractivity contribution in [3.8, 4) is 23.0 Å². The minimum atomic E-state index is -0.0652. The molecule has 7 nitrogen and oxygen atoms in total. The Balaban J connectivity index is 1.73. The molecule has 0 N–H and O–H groups in total. The smallest absolute Gasteiger partial charge is 0.161 e. The molecule has 1 atom stereocenters. The zero-order valence-corrected chi connectivity index (χ0v) is 20.5. The third-order valence-electron chi connectivity index (χ3n) is 5.93. The van der Waals surface area contributed by atoms with Gasteiger partial charge in [0.1, 0.15) is 0 Å². The highest BCUT2D eigenvalue weighted by atomic mass is 35.5. The van der Waals surface area contributed by atoms with E-state index in [1.165, 1.54) is 5.56 Å². The van der Waals surface area contributed by atoms with Gasteiger partial charge < -0.3 is 18.9 Å². The highest BCUT2D eigenvalue weighted by Crippen LogP contribution is 2.40. The number of hydrogen-bond acceptors (Lipinski definition) is 6. The predicted molar refractivity (Wildman–Crippen MR) is 132 cm³/mol. The summed E-state index contributed by atoms with van der Waals surface area (Å²) >= 11 is 6.12. The first-order valence-electron chi connectivity index (χ1n) is 11.0. The molecule has 0 saturated carbocycles. The van der Waals surface area contributed by atoms with Crippen molar-refractivity contribution in [1.82, 2.24) is 5.01 Å². The number of benzene rings is 3. The molecular formula is C26H28ClN3O4. The van der Waals surface area contributed by atoms with Gasteiger partial charge in [-0.25, -0.2) is 0 Å². The van der Waals surface area contributed by atoms with E-state index in [1.807, 2.05) is 47.5 Å². The highest BCUT2D eigenvalue weighted by molar-refractivity contribution is 6.30. The van der Waals surface area contributed by atoms with Crippen LogP contribution >= 0.6 is 11.6 Å². The monoisotopic (exact) mass is 481 g/mol. The molecule has 0 aliphatic carbocycles. The Morgan fingerprint density at radius 3 is 2.26 bits per heavy atom. The molecule has 8 heteroatoms. The molecule has 0 aromatic heterocycles. The van der Waals surface area contributed by atoms with E-state index >= 15 is 0 Å². The topological polar surface area (TPSA) is 64.9 Å². The molecule has 3 aromatic carbocycles. The number of nitrogens with zero attached hydrogens (tertiary/aromatic N) is 3. The van der Waals surface area contributed by atoms with Crippen molar-refractivity contribution in [2.75, 3.05) is 35.0 Å². The summed E-state index contributed by atoms with van der Waals surface area (Å²) in [5, 5.41) is 11.7. The molecule has 4 rings (SSSR count). The minimum Gasteiger partial charge on any atom is -0.493 e. The van der Waals surface area contributed by atoms with Crippen LogP contribution in [0, 0.1) is 0 Å². The third kappa shape index (κ3) is 5.04. The van der Waals surface area contributed by atoms with Crippen molar-refractivity contribution in [3.63, 3.8) is 0 Å². The van der Waals surface area contributed by atoms with Crippen LogP contribution in [0.25, 0.3) is 0 Å². The summed E-state index contributed by atoms with van der Waals surface area (Å²) in [6.45, 7) is 0.713. The molecule has 3 aromatic rings. The number of hydrogen-bond donors (Lipinski definition) is 0. The SMILES string of the molecule is COc1ccc(C[C@H]2c3cc(OC)c(OC)cc3CCN2N=Nc2cccc(Cl)c2)cc1OC. The van der Waals surface area contributed by atoms with Crippen LogP contribution in [-0.2, 0) is 12.8 Å². The minimum absolute atomic E-state index is 0.0652. The summed E-state index contributed by atoms with van der Waals surface area (Å²) in [6.07, 6.45) is 1.50. The summed E-state index contributed by atoms with van der Waals surface area (Å²) in [7, 11) is 6.57. The third-order valence-corrected chi connectivity index (χ3v) is 6.17. The molecule has 34 heavy (non-hydrogen) atoms. The summed E-state index contributed by atoms with van der Waals surface area (Å²) in [4.78, 5) is 0. The Bertz CT molecular complexity index is 1180. The lowest BCUT2D eigenvalue weighted by Gasteiger charge is -2.35. The lowest BCUT2D eigenvalue weighted by Crippen LogP contribution is -2.32. The quantitative estimate of drug-likeness (QED) is 0.357. The van der Waals surface area contributed by atoms with E-state index in [4.69, 9.17) is 30.5 Å². The zero-order valence-electron chi connectivity index (χ0n) is 19.7. The van der Waals surface area contributed by atoms with Gasteiger partial charge in [-0.15, -0.1) is 5.11 Å². The predicted octanol–water partition coefficient (Wildman–Crippen LogP) is 6.22. The lowest BCUT2D eigenvalue weighted by atomic mass is 9.89. The summed E-state index contributed by atoms with van der Waals surface area (Å²) < 4.78 is 22.0. The van der Waals surface area contributed by atoms with Gasteiger partial charge in [-0.05, 0) is 72.0 Å². The number of halogens is 1. The van der Waals surface area contributed by atoms with Crippen LogP contribution in [0.1, 0.15) is 22.7 Å². The maximum absolute atomic E-state index is 6.12. The Hall–Kier alpha value is -3.45. The number of rotatable bonds is 8. The van der Waals surface area contributed by atoms with Gasteiger partial charge in [0, 0.05) is 11.6 Å². The highest BCUT2D eigenvalue weighted by Gasteiger charge is 2.29. The summed E-state index contributed by atoms with van der Waals surface area (Å²) in [5.41, 5.74) is 4.13. The maximum atomic E-state index is 6.12. The van der Waals surface area contributed by atoms with Crippen molar-refractivity contribution in [2.24, 2.45) is 10.3 Å². The lowest BCUT2D eigenvalue weighted by molar-refractivity contribution is 0.177. The van der Waals surface area contributed by atoms with Crippen LogP contribution in [0.3, 0.4) is 0 Å². The summed E-state index contributed by atoms with van der Waals surface area (Å²) in [5.74, 6) is 2.79. The zero-order chi connectivity index (χ0) is 24.1. The Morgan fingerprint density at radius 1 is 0.853 bits per heavy atom. The van der Waals surface area contributed by atoms with Crippen molar-refractivity contribution < 1.29 is 18.9 Å². The van der Waals surface area contributed by atoms with E-state index in [9.17, 15) is 0 Å². The first-order valence-corrected chi connectivity index (χ1v) is 11.3.